The molecule has 0 saturated heterocycles. The summed E-state index contributed by atoms with van der Waals surface area (Å²) in [6.07, 6.45) is 2.70. The number of amides is 1. The van der Waals surface area contributed by atoms with E-state index in [9.17, 15) is 14.9 Å². The number of rotatable bonds is 8. The molecule has 0 unspecified atom stereocenters. The third-order valence-corrected chi connectivity index (χ3v) is 3.96. The van der Waals surface area contributed by atoms with Gasteiger partial charge in [-0.1, -0.05) is 26.0 Å². The number of esters is 1. The molecule has 1 aromatic carbocycles. The summed E-state index contributed by atoms with van der Waals surface area (Å²) in [7, 11) is 3.02. The highest BCUT2D eigenvalue weighted by molar-refractivity contribution is 5.90. The molecule has 1 amide bonds. The summed E-state index contributed by atoms with van der Waals surface area (Å²) in [5, 5.41) is 11.7. The summed E-state index contributed by atoms with van der Waals surface area (Å²) >= 11 is 0. The van der Waals surface area contributed by atoms with Gasteiger partial charge in [-0.2, -0.15) is 5.26 Å². The van der Waals surface area contributed by atoms with E-state index in [0.717, 1.165) is 0 Å². The Hall–Kier alpha value is -3.01. The Morgan fingerprint density at radius 3 is 2.54 bits per heavy atom. The summed E-state index contributed by atoms with van der Waals surface area (Å²) in [5.74, 6) is -0.297. The maximum Gasteiger partial charge on any atom is 0.331 e. The van der Waals surface area contributed by atoms with Gasteiger partial charge in [-0.05, 0) is 25.0 Å². The molecule has 26 heavy (non-hydrogen) atoms. The molecular weight excluding hydrogens is 336 g/mol. The predicted octanol–water partition coefficient (Wildman–Crippen LogP) is 2.31. The van der Waals surface area contributed by atoms with Crippen LogP contribution >= 0.6 is 0 Å². The van der Waals surface area contributed by atoms with Crippen molar-refractivity contribution >= 4 is 18.0 Å². The highest BCUT2D eigenvalue weighted by Gasteiger charge is 2.30. The lowest BCUT2D eigenvalue weighted by atomic mass is 9.90. The monoisotopic (exact) mass is 360 g/mol. The van der Waals surface area contributed by atoms with Crippen molar-refractivity contribution in [2.24, 2.45) is 5.92 Å². The molecule has 0 fully saturated rings. The Balaban J connectivity index is 2.67. The Morgan fingerprint density at radius 1 is 1.31 bits per heavy atom. The molecular formula is C19H24N2O5. The van der Waals surface area contributed by atoms with Crippen molar-refractivity contribution in [1.82, 2.24) is 5.32 Å². The molecule has 0 heterocycles. The van der Waals surface area contributed by atoms with E-state index < -0.39 is 24.0 Å². The number of carbonyl (C=O) groups excluding carboxylic acids is 2. The zero-order chi connectivity index (χ0) is 19.7. The van der Waals surface area contributed by atoms with Gasteiger partial charge in [-0.3, -0.25) is 4.79 Å². The summed E-state index contributed by atoms with van der Waals surface area (Å²) in [4.78, 5) is 23.7. The largest absolute Gasteiger partial charge is 0.493 e. The maximum absolute atomic E-state index is 11.9. The summed E-state index contributed by atoms with van der Waals surface area (Å²) in [6, 6.07) is 7.30. The molecule has 0 spiro atoms. The molecule has 0 aliphatic heterocycles. The van der Waals surface area contributed by atoms with Gasteiger partial charge in [0, 0.05) is 11.6 Å². The molecule has 7 nitrogen and oxygen atoms in total. The third-order valence-electron chi connectivity index (χ3n) is 3.96. The highest BCUT2D eigenvalue weighted by atomic mass is 16.5. The minimum absolute atomic E-state index is 0.0902. The van der Waals surface area contributed by atoms with Crippen LogP contribution in [-0.2, 0) is 14.3 Å². The van der Waals surface area contributed by atoms with Gasteiger partial charge in [0.1, 0.15) is 5.54 Å². The Morgan fingerprint density at radius 2 is 2.00 bits per heavy atom. The van der Waals surface area contributed by atoms with Gasteiger partial charge < -0.3 is 19.5 Å². The number of nitrogens with zero attached hydrogens (tertiary/aromatic N) is 1. The number of para-hydroxylation sites is 1. The quantitative estimate of drug-likeness (QED) is 0.564. The number of methoxy groups -OCH3 is 2. The van der Waals surface area contributed by atoms with Gasteiger partial charge in [0.15, 0.2) is 18.1 Å². The fraction of sp³-hybridized carbons (Fsp3) is 0.421. The average molecular weight is 360 g/mol. The molecule has 0 aliphatic carbocycles. The van der Waals surface area contributed by atoms with E-state index in [1.165, 1.54) is 26.4 Å². The predicted molar refractivity (Wildman–Crippen MR) is 96.5 cm³/mol. The van der Waals surface area contributed by atoms with Gasteiger partial charge >= 0.3 is 5.97 Å². The Bertz CT molecular complexity index is 721. The van der Waals surface area contributed by atoms with Crippen LogP contribution < -0.4 is 14.8 Å². The van der Waals surface area contributed by atoms with Crippen LogP contribution in [0.5, 0.6) is 11.5 Å². The lowest BCUT2D eigenvalue weighted by Gasteiger charge is -2.27. The minimum Gasteiger partial charge on any atom is -0.493 e. The van der Waals surface area contributed by atoms with E-state index in [1.54, 1.807) is 25.1 Å². The number of hydrogen-bond acceptors (Lipinski definition) is 6. The second-order valence-corrected chi connectivity index (χ2v) is 6.04. The summed E-state index contributed by atoms with van der Waals surface area (Å²) in [6.45, 7) is 4.79. The first-order valence-electron chi connectivity index (χ1n) is 8.05. The first kappa shape index (κ1) is 21.0. The molecule has 0 aromatic heterocycles. The smallest absolute Gasteiger partial charge is 0.331 e. The molecule has 0 aliphatic rings. The molecule has 1 aromatic rings. The number of ether oxygens (including phenoxy) is 3. The molecule has 0 saturated carbocycles. The van der Waals surface area contributed by atoms with Crippen molar-refractivity contribution < 1.29 is 23.8 Å². The van der Waals surface area contributed by atoms with Crippen molar-refractivity contribution in [2.45, 2.75) is 26.3 Å². The third kappa shape index (κ3) is 5.52. The number of hydrogen-bond donors (Lipinski definition) is 1. The van der Waals surface area contributed by atoms with Crippen molar-refractivity contribution in [2.75, 3.05) is 20.8 Å². The van der Waals surface area contributed by atoms with E-state index in [4.69, 9.17) is 14.2 Å². The average Bonchev–Trinajstić information content (AvgIpc) is 2.63. The number of nitriles is 1. The Kier molecular flexibility index (Phi) is 7.66. The van der Waals surface area contributed by atoms with Crippen LogP contribution in [0.15, 0.2) is 24.3 Å². The van der Waals surface area contributed by atoms with Crippen molar-refractivity contribution in [3.8, 4) is 17.6 Å². The van der Waals surface area contributed by atoms with Crippen molar-refractivity contribution in [3.63, 3.8) is 0 Å². The van der Waals surface area contributed by atoms with Crippen LogP contribution in [0.25, 0.3) is 6.08 Å². The van der Waals surface area contributed by atoms with E-state index in [0.29, 0.717) is 17.1 Å². The zero-order valence-electron chi connectivity index (χ0n) is 15.7. The molecule has 1 N–H and O–H groups in total. The molecule has 0 radical (unpaired) electrons. The lowest BCUT2D eigenvalue weighted by molar-refractivity contribution is -0.144. The second-order valence-electron chi connectivity index (χ2n) is 6.04. The SMILES string of the molecule is COc1cccc(/C=C/C(=O)OCC(=O)N[C@](C)(C#N)C(C)C)c1OC. The van der Waals surface area contributed by atoms with Gasteiger partial charge in [0.25, 0.3) is 5.91 Å². The first-order chi connectivity index (χ1) is 12.3. The van der Waals surface area contributed by atoms with Crippen LogP contribution in [-0.4, -0.2) is 38.2 Å². The van der Waals surface area contributed by atoms with E-state index in [-0.39, 0.29) is 5.92 Å². The molecule has 1 rings (SSSR count). The molecule has 140 valence electrons. The number of nitrogens with one attached hydrogen (secondary N) is 1. The number of benzene rings is 1. The van der Waals surface area contributed by atoms with Gasteiger partial charge in [0.05, 0.1) is 20.3 Å². The number of carbonyl (C=O) groups is 2. The van der Waals surface area contributed by atoms with Crippen molar-refractivity contribution in [1.29, 1.82) is 5.26 Å². The fourth-order valence-corrected chi connectivity index (χ4v) is 2.01. The topological polar surface area (TPSA) is 97.6 Å². The lowest BCUT2D eigenvalue weighted by Crippen LogP contribution is -2.50. The van der Waals surface area contributed by atoms with Crippen LogP contribution in [0.2, 0.25) is 0 Å². The van der Waals surface area contributed by atoms with Crippen LogP contribution in [0.1, 0.15) is 26.3 Å². The zero-order valence-corrected chi connectivity index (χ0v) is 15.7. The summed E-state index contributed by atoms with van der Waals surface area (Å²) < 4.78 is 15.4. The van der Waals surface area contributed by atoms with Crippen LogP contribution in [0.3, 0.4) is 0 Å². The van der Waals surface area contributed by atoms with Crippen LogP contribution in [0.4, 0.5) is 0 Å². The highest BCUT2D eigenvalue weighted by Crippen LogP contribution is 2.31. The van der Waals surface area contributed by atoms with Crippen LogP contribution in [0, 0.1) is 17.2 Å². The fourth-order valence-electron chi connectivity index (χ4n) is 2.01. The minimum atomic E-state index is -1.02. The molecule has 7 heteroatoms. The van der Waals surface area contributed by atoms with Gasteiger partial charge in [-0.15, -0.1) is 0 Å². The maximum atomic E-state index is 11.9. The Labute approximate surface area is 153 Å². The molecule has 1 atom stereocenters. The second kappa shape index (κ2) is 9.47. The van der Waals surface area contributed by atoms with E-state index >= 15 is 0 Å². The summed E-state index contributed by atoms with van der Waals surface area (Å²) in [5.41, 5.74) is -0.391. The standard InChI is InChI=1S/C19H24N2O5/c1-13(2)19(3,12-20)21-16(22)11-26-17(23)10-9-14-7-6-8-15(24-4)18(14)25-5/h6-10,13H,11H2,1-5H3,(H,21,22)/b10-9+/t19-/m1/s1. The van der Waals surface area contributed by atoms with Gasteiger partial charge in [0.2, 0.25) is 0 Å². The van der Waals surface area contributed by atoms with E-state index in [1.807, 2.05) is 13.8 Å². The van der Waals surface area contributed by atoms with Gasteiger partial charge in [-0.25, -0.2) is 4.79 Å². The molecule has 0 bridgehead atoms. The van der Waals surface area contributed by atoms with E-state index in [2.05, 4.69) is 11.4 Å². The normalized spacial score (nSPS) is 13.0. The van der Waals surface area contributed by atoms with Crippen molar-refractivity contribution in [3.05, 3.63) is 29.8 Å². The first-order valence-corrected chi connectivity index (χ1v) is 8.05.